The van der Waals surface area contributed by atoms with E-state index < -0.39 is 27.9 Å². The molecule has 0 aliphatic rings. The lowest BCUT2D eigenvalue weighted by Crippen LogP contribution is -2.25. The number of rotatable bonds is 5. The van der Waals surface area contributed by atoms with Gasteiger partial charge in [0.25, 0.3) is 10.0 Å². The normalized spacial score (nSPS) is 12.9. The zero-order valence-electron chi connectivity index (χ0n) is 17.7. The van der Waals surface area contributed by atoms with Crippen LogP contribution >= 0.6 is 0 Å². The van der Waals surface area contributed by atoms with Gasteiger partial charge < -0.3 is 9.30 Å². The zero-order valence-corrected chi connectivity index (χ0v) is 18.6. The van der Waals surface area contributed by atoms with E-state index in [2.05, 4.69) is 9.13 Å². The molecule has 4 rings (SSSR count). The number of nitrogens with zero attached hydrogens (tertiary/aromatic N) is 3. The number of hydrogen-bond donors (Lipinski definition) is 0. The minimum Gasteiger partial charge on any atom is -0.406 e. The van der Waals surface area contributed by atoms with Crippen LogP contribution in [0, 0.1) is 6.92 Å². The highest BCUT2D eigenvalue weighted by Gasteiger charge is 2.31. The molecule has 3 aromatic carbocycles. The largest absolute Gasteiger partial charge is 0.573 e. The Morgan fingerprint density at radius 1 is 0.939 bits per heavy atom. The molecular weight excluding hydrogens is 455 g/mol. The van der Waals surface area contributed by atoms with E-state index in [-0.39, 0.29) is 11.2 Å². The van der Waals surface area contributed by atoms with Gasteiger partial charge in [-0.15, -0.1) is 17.6 Å². The molecular formula is C23H20F3N3O3S. The Balaban J connectivity index is 1.80. The number of aromatic nitrogens is 2. The second kappa shape index (κ2) is 8.43. The fourth-order valence-electron chi connectivity index (χ4n) is 3.64. The first-order valence-electron chi connectivity index (χ1n) is 9.90. The number of hydrogen-bond acceptors (Lipinski definition) is 3. The molecule has 0 radical (unpaired) electrons. The summed E-state index contributed by atoms with van der Waals surface area (Å²) >= 11 is 0. The van der Waals surface area contributed by atoms with Crippen LogP contribution in [0.15, 0.2) is 77.2 Å². The Kier molecular flexibility index (Phi) is 5.79. The van der Waals surface area contributed by atoms with Crippen molar-refractivity contribution in [1.29, 1.82) is 0 Å². The standard InChI is InChI=1S/C23H20F3N3O3S/c1-16-7-6-10-20-21(16)29(18-8-4-3-5-9-18)22(28(20)2)27-33(30,31)15-17-11-13-19(14-12-17)32-23(24,25)26/h3-14H,15H2,1-2H3/b27-22-. The van der Waals surface area contributed by atoms with E-state index >= 15 is 0 Å². The van der Waals surface area contributed by atoms with Crippen LogP contribution in [0.1, 0.15) is 11.1 Å². The molecule has 1 aromatic heterocycles. The van der Waals surface area contributed by atoms with Gasteiger partial charge in [-0.2, -0.15) is 0 Å². The maximum absolute atomic E-state index is 13.0. The molecule has 1 heterocycles. The number of halogens is 3. The number of alkyl halides is 3. The van der Waals surface area contributed by atoms with Crippen LogP contribution in [0.3, 0.4) is 0 Å². The average molecular weight is 475 g/mol. The quantitative estimate of drug-likeness (QED) is 0.424. The molecule has 0 saturated carbocycles. The summed E-state index contributed by atoms with van der Waals surface area (Å²) in [5.74, 6) is -0.902. The summed E-state index contributed by atoms with van der Waals surface area (Å²) in [7, 11) is -2.29. The highest BCUT2D eigenvalue weighted by Crippen LogP contribution is 2.24. The van der Waals surface area contributed by atoms with Gasteiger partial charge in [-0.25, -0.2) is 8.42 Å². The predicted octanol–water partition coefficient (Wildman–Crippen LogP) is 4.61. The maximum Gasteiger partial charge on any atom is 0.573 e. The molecule has 0 N–H and O–H groups in total. The lowest BCUT2D eigenvalue weighted by molar-refractivity contribution is -0.274. The van der Waals surface area contributed by atoms with Crippen molar-refractivity contribution in [2.75, 3.05) is 0 Å². The van der Waals surface area contributed by atoms with Crippen molar-refractivity contribution < 1.29 is 26.3 Å². The van der Waals surface area contributed by atoms with Gasteiger partial charge in [-0.05, 0) is 48.4 Å². The SMILES string of the molecule is Cc1cccc2c1n(-c1ccccc1)/c(=N\S(=O)(=O)Cc1ccc(OC(F)(F)F)cc1)n2C. The van der Waals surface area contributed by atoms with Crippen molar-refractivity contribution in [3.05, 3.63) is 89.5 Å². The number of benzene rings is 3. The molecule has 6 nitrogen and oxygen atoms in total. The van der Waals surface area contributed by atoms with Gasteiger partial charge in [0.15, 0.2) is 0 Å². The molecule has 0 spiro atoms. The fraction of sp³-hybridized carbons (Fsp3) is 0.174. The molecule has 0 bridgehead atoms. The Morgan fingerprint density at radius 2 is 1.61 bits per heavy atom. The van der Waals surface area contributed by atoms with Crippen molar-refractivity contribution in [3.8, 4) is 11.4 Å². The Labute approximate surface area is 188 Å². The summed E-state index contributed by atoms with van der Waals surface area (Å²) < 4.78 is 74.4. The molecule has 0 aliphatic carbocycles. The number of imidazole rings is 1. The van der Waals surface area contributed by atoms with Crippen molar-refractivity contribution in [2.24, 2.45) is 11.4 Å². The van der Waals surface area contributed by atoms with Crippen LogP contribution in [-0.4, -0.2) is 23.9 Å². The van der Waals surface area contributed by atoms with Gasteiger partial charge in [0, 0.05) is 12.7 Å². The van der Waals surface area contributed by atoms with Crippen LogP contribution in [0.25, 0.3) is 16.7 Å². The average Bonchev–Trinajstić information content (AvgIpc) is 3.01. The Hall–Kier alpha value is -3.53. The predicted molar refractivity (Wildman–Crippen MR) is 118 cm³/mol. The Morgan fingerprint density at radius 3 is 2.24 bits per heavy atom. The van der Waals surface area contributed by atoms with Crippen molar-refractivity contribution in [1.82, 2.24) is 9.13 Å². The second-order valence-corrected chi connectivity index (χ2v) is 9.12. The van der Waals surface area contributed by atoms with E-state index in [9.17, 15) is 21.6 Å². The van der Waals surface area contributed by atoms with E-state index in [0.717, 1.165) is 34.4 Å². The van der Waals surface area contributed by atoms with Gasteiger partial charge >= 0.3 is 6.36 Å². The van der Waals surface area contributed by atoms with E-state index in [1.54, 1.807) is 16.2 Å². The van der Waals surface area contributed by atoms with Crippen molar-refractivity contribution >= 4 is 21.1 Å². The van der Waals surface area contributed by atoms with Gasteiger partial charge in [-0.1, -0.05) is 42.5 Å². The highest BCUT2D eigenvalue weighted by atomic mass is 32.2. The summed E-state index contributed by atoms with van der Waals surface area (Å²) in [4.78, 5) is 0. The topological polar surface area (TPSA) is 65.6 Å². The minimum atomic E-state index is -4.82. The van der Waals surface area contributed by atoms with E-state index in [1.807, 2.05) is 55.5 Å². The molecule has 4 aromatic rings. The maximum atomic E-state index is 13.0. The molecule has 0 amide bonds. The smallest absolute Gasteiger partial charge is 0.406 e. The molecule has 172 valence electrons. The van der Waals surface area contributed by atoms with Crippen LogP contribution in [0.5, 0.6) is 5.75 Å². The summed E-state index contributed by atoms with van der Waals surface area (Å²) in [6.45, 7) is 1.94. The van der Waals surface area contributed by atoms with E-state index in [4.69, 9.17) is 0 Å². The molecule has 0 unspecified atom stereocenters. The summed E-state index contributed by atoms with van der Waals surface area (Å²) in [6, 6.07) is 19.7. The lowest BCUT2D eigenvalue weighted by Gasteiger charge is -2.09. The first-order valence-corrected chi connectivity index (χ1v) is 11.5. The van der Waals surface area contributed by atoms with Crippen LogP contribution in [0.4, 0.5) is 13.2 Å². The number of ether oxygens (including phenoxy) is 1. The lowest BCUT2D eigenvalue weighted by atomic mass is 10.2. The first-order chi connectivity index (χ1) is 15.5. The van der Waals surface area contributed by atoms with Gasteiger partial charge in [-0.3, -0.25) is 4.57 Å². The number of fused-ring (bicyclic) bond motifs is 1. The van der Waals surface area contributed by atoms with E-state index in [1.165, 1.54) is 12.1 Å². The molecule has 0 saturated heterocycles. The minimum absolute atomic E-state index is 0.211. The summed E-state index contributed by atoms with van der Waals surface area (Å²) in [5, 5.41) is 0. The highest BCUT2D eigenvalue weighted by molar-refractivity contribution is 7.89. The molecule has 0 fully saturated rings. The summed E-state index contributed by atoms with van der Waals surface area (Å²) in [5.41, 5.74) is 3.83. The third-order valence-corrected chi connectivity index (χ3v) is 6.18. The van der Waals surface area contributed by atoms with E-state index in [0.29, 0.717) is 0 Å². The molecule has 0 atom stereocenters. The molecule has 0 aliphatic heterocycles. The third-order valence-electron chi connectivity index (χ3n) is 5.04. The van der Waals surface area contributed by atoms with Gasteiger partial charge in [0.2, 0.25) is 5.62 Å². The van der Waals surface area contributed by atoms with Gasteiger partial charge in [0.1, 0.15) is 5.75 Å². The second-order valence-electron chi connectivity index (χ2n) is 7.48. The monoisotopic (exact) mass is 475 g/mol. The fourth-order valence-corrected chi connectivity index (χ4v) is 4.77. The molecule has 10 heteroatoms. The zero-order chi connectivity index (χ0) is 23.8. The van der Waals surface area contributed by atoms with Crippen molar-refractivity contribution in [2.45, 2.75) is 19.0 Å². The van der Waals surface area contributed by atoms with Gasteiger partial charge in [0.05, 0.1) is 16.8 Å². The van der Waals surface area contributed by atoms with Crippen LogP contribution < -0.4 is 10.4 Å². The van der Waals surface area contributed by atoms with Crippen LogP contribution in [0.2, 0.25) is 0 Å². The van der Waals surface area contributed by atoms with Crippen LogP contribution in [-0.2, 0) is 22.8 Å². The number of para-hydroxylation sites is 2. The molecule has 33 heavy (non-hydrogen) atoms. The first kappa shape index (κ1) is 22.7. The number of aryl methyl sites for hydroxylation is 2. The van der Waals surface area contributed by atoms with Crippen molar-refractivity contribution in [3.63, 3.8) is 0 Å². The Bertz CT molecular complexity index is 1470. The summed E-state index contributed by atoms with van der Waals surface area (Å²) in [6.07, 6.45) is -4.82. The third kappa shape index (κ3) is 4.95. The number of sulfonamides is 1.